The molecule has 1 aromatic rings. The monoisotopic (exact) mass is 290 g/mol. The quantitative estimate of drug-likeness (QED) is 0.714. The van der Waals surface area contributed by atoms with E-state index < -0.39 is 0 Å². The van der Waals surface area contributed by atoms with E-state index in [0.717, 1.165) is 24.8 Å². The number of methoxy groups -OCH3 is 1. The predicted molar refractivity (Wildman–Crippen MR) is 88.9 cm³/mol. The summed E-state index contributed by atoms with van der Waals surface area (Å²) in [5.41, 5.74) is 1.36. The summed E-state index contributed by atoms with van der Waals surface area (Å²) in [7, 11) is 1.72. The van der Waals surface area contributed by atoms with Crippen molar-refractivity contribution < 1.29 is 4.74 Å². The third-order valence-electron chi connectivity index (χ3n) is 4.16. The zero-order valence-electron chi connectivity index (χ0n) is 13.8. The number of benzene rings is 1. The molecule has 0 aromatic heterocycles. The van der Waals surface area contributed by atoms with Crippen molar-refractivity contribution in [1.82, 2.24) is 10.2 Å². The standard InChI is InChI=1S/C18H30N2O/c1-4-12-20(13-15-6-7-15)14-18(19-5-2)16-8-10-17(21-3)11-9-16/h8-11,15,18-19H,4-7,12-14H2,1-3H3. The Labute approximate surface area is 129 Å². The van der Waals surface area contributed by atoms with Gasteiger partial charge in [-0.1, -0.05) is 26.0 Å². The Morgan fingerprint density at radius 1 is 1.24 bits per heavy atom. The summed E-state index contributed by atoms with van der Waals surface area (Å²) in [5.74, 6) is 1.88. The largest absolute Gasteiger partial charge is 0.497 e. The maximum Gasteiger partial charge on any atom is 0.118 e. The molecule has 21 heavy (non-hydrogen) atoms. The number of nitrogens with zero attached hydrogens (tertiary/aromatic N) is 1. The Hall–Kier alpha value is -1.06. The fraction of sp³-hybridized carbons (Fsp3) is 0.667. The van der Waals surface area contributed by atoms with E-state index in [1.54, 1.807) is 7.11 Å². The minimum Gasteiger partial charge on any atom is -0.497 e. The zero-order valence-corrected chi connectivity index (χ0v) is 13.8. The zero-order chi connectivity index (χ0) is 15.1. The molecule has 118 valence electrons. The highest BCUT2D eigenvalue weighted by Gasteiger charge is 2.25. The molecule has 0 bridgehead atoms. The second kappa shape index (κ2) is 8.40. The van der Waals surface area contributed by atoms with Crippen LogP contribution in [0.4, 0.5) is 0 Å². The molecule has 3 nitrogen and oxygen atoms in total. The fourth-order valence-corrected chi connectivity index (χ4v) is 2.87. The third-order valence-corrected chi connectivity index (χ3v) is 4.16. The van der Waals surface area contributed by atoms with Gasteiger partial charge < -0.3 is 15.0 Å². The Kier molecular flexibility index (Phi) is 6.52. The van der Waals surface area contributed by atoms with Gasteiger partial charge in [-0.2, -0.15) is 0 Å². The highest BCUT2D eigenvalue weighted by atomic mass is 16.5. The highest BCUT2D eigenvalue weighted by molar-refractivity contribution is 5.29. The van der Waals surface area contributed by atoms with Crippen LogP contribution < -0.4 is 10.1 Å². The lowest BCUT2D eigenvalue weighted by Crippen LogP contribution is -2.37. The van der Waals surface area contributed by atoms with Crippen molar-refractivity contribution in [2.75, 3.05) is 33.3 Å². The smallest absolute Gasteiger partial charge is 0.118 e. The van der Waals surface area contributed by atoms with Gasteiger partial charge in [0.25, 0.3) is 0 Å². The van der Waals surface area contributed by atoms with E-state index in [9.17, 15) is 0 Å². The second-order valence-electron chi connectivity index (χ2n) is 6.09. The van der Waals surface area contributed by atoms with E-state index in [1.807, 2.05) is 0 Å². The van der Waals surface area contributed by atoms with Crippen LogP contribution in [0.25, 0.3) is 0 Å². The topological polar surface area (TPSA) is 24.5 Å². The molecular formula is C18H30N2O. The molecule has 0 amide bonds. The van der Waals surface area contributed by atoms with Crippen LogP contribution >= 0.6 is 0 Å². The number of rotatable bonds is 10. The van der Waals surface area contributed by atoms with Crippen LogP contribution in [0, 0.1) is 5.92 Å². The molecule has 1 saturated carbocycles. The highest BCUT2D eigenvalue weighted by Crippen LogP contribution is 2.30. The van der Waals surface area contributed by atoms with Crippen molar-refractivity contribution in [2.24, 2.45) is 5.92 Å². The Balaban J connectivity index is 2.00. The van der Waals surface area contributed by atoms with Gasteiger partial charge in [-0.05, 0) is 56.0 Å². The molecule has 1 atom stereocenters. The molecule has 0 spiro atoms. The van der Waals surface area contributed by atoms with Gasteiger partial charge >= 0.3 is 0 Å². The van der Waals surface area contributed by atoms with Gasteiger partial charge in [-0.3, -0.25) is 0 Å². The van der Waals surface area contributed by atoms with Crippen molar-refractivity contribution >= 4 is 0 Å². The summed E-state index contributed by atoms with van der Waals surface area (Å²) < 4.78 is 5.26. The van der Waals surface area contributed by atoms with Gasteiger partial charge in [0.1, 0.15) is 5.75 Å². The van der Waals surface area contributed by atoms with E-state index in [4.69, 9.17) is 4.74 Å². The molecule has 0 aliphatic heterocycles. The van der Waals surface area contributed by atoms with Crippen LogP contribution in [0.3, 0.4) is 0 Å². The van der Waals surface area contributed by atoms with E-state index in [-0.39, 0.29) is 0 Å². The lowest BCUT2D eigenvalue weighted by Gasteiger charge is -2.28. The molecular weight excluding hydrogens is 260 g/mol. The molecule has 1 unspecified atom stereocenters. The normalized spacial score (nSPS) is 16.2. The Morgan fingerprint density at radius 3 is 2.48 bits per heavy atom. The van der Waals surface area contributed by atoms with E-state index in [1.165, 1.54) is 37.9 Å². The first-order valence-corrected chi connectivity index (χ1v) is 8.36. The number of likely N-dealkylation sites (N-methyl/N-ethyl adjacent to an activating group) is 1. The van der Waals surface area contributed by atoms with Gasteiger partial charge in [0, 0.05) is 19.1 Å². The lowest BCUT2D eigenvalue weighted by molar-refractivity contribution is 0.234. The number of ether oxygens (including phenoxy) is 1. The molecule has 2 rings (SSSR count). The molecule has 3 heteroatoms. The van der Waals surface area contributed by atoms with Crippen LogP contribution in [0.2, 0.25) is 0 Å². The molecule has 1 N–H and O–H groups in total. The second-order valence-corrected chi connectivity index (χ2v) is 6.09. The van der Waals surface area contributed by atoms with Crippen molar-refractivity contribution in [3.05, 3.63) is 29.8 Å². The van der Waals surface area contributed by atoms with Crippen LogP contribution in [0.15, 0.2) is 24.3 Å². The maximum absolute atomic E-state index is 5.26. The van der Waals surface area contributed by atoms with Crippen molar-refractivity contribution in [2.45, 2.75) is 39.2 Å². The van der Waals surface area contributed by atoms with Crippen LogP contribution in [-0.4, -0.2) is 38.2 Å². The fourth-order valence-electron chi connectivity index (χ4n) is 2.87. The molecule has 1 aromatic carbocycles. The molecule has 0 heterocycles. The lowest BCUT2D eigenvalue weighted by atomic mass is 10.1. The van der Waals surface area contributed by atoms with Gasteiger partial charge in [0.05, 0.1) is 7.11 Å². The number of hydrogen-bond donors (Lipinski definition) is 1. The summed E-state index contributed by atoms with van der Waals surface area (Å²) in [4.78, 5) is 2.63. The van der Waals surface area contributed by atoms with E-state index >= 15 is 0 Å². The van der Waals surface area contributed by atoms with Crippen molar-refractivity contribution in [3.8, 4) is 5.75 Å². The molecule has 1 aliphatic carbocycles. The predicted octanol–water partition coefficient (Wildman–Crippen LogP) is 3.47. The van der Waals surface area contributed by atoms with Gasteiger partial charge in [0.2, 0.25) is 0 Å². The number of hydrogen-bond acceptors (Lipinski definition) is 3. The summed E-state index contributed by atoms with van der Waals surface area (Å²) in [5, 5.41) is 3.64. The molecule has 1 aliphatic rings. The summed E-state index contributed by atoms with van der Waals surface area (Å²) in [6.07, 6.45) is 4.08. The van der Waals surface area contributed by atoms with E-state index in [0.29, 0.717) is 6.04 Å². The minimum absolute atomic E-state index is 0.409. The molecule has 0 saturated heterocycles. The van der Waals surface area contributed by atoms with Crippen LogP contribution in [-0.2, 0) is 0 Å². The van der Waals surface area contributed by atoms with Gasteiger partial charge in [-0.15, -0.1) is 0 Å². The molecule has 0 radical (unpaired) electrons. The average Bonchev–Trinajstić information content (AvgIpc) is 3.31. The van der Waals surface area contributed by atoms with Crippen molar-refractivity contribution in [1.29, 1.82) is 0 Å². The first-order chi connectivity index (χ1) is 10.3. The first kappa shape index (κ1) is 16.3. The summed E-state index contributed by atoms with van der Waals surface area (Å²) in [6.45, 7) is 9.03. The number of nitrogens with one attached hydrogen (secondary N) is 1. The van der Waals surface area contributed by atoms with Crippen molar-refractivity contribution in [3.63, 3.8) is 0 Å². The van der Waals surface area contributed by atoms with Crippen LogP contribution in [0.5, 0.6) is 5.75 Å². The Bertz CT molecular complexity index is 400. The summed E-state index contributed by atoms with van der Waals surface area (Å²) >= 11 is 0. The Morgan fingerprint density at radius 2 is 1.95 bits per heavy atom. The SMILES string of the molecule is CCCN(CC1CC1)CC(NCC)c1ccc(OC)cc1. The summed E-state index contributed by atoms with van der Waals surface area (Å²) in [6, 6.07) is 8.90. The average molecular weight is 290 g/mol. The van der Waals surface area contributed by atoms with Crippen LogP contribution in [0.1, 0.15) is 44.7 Å². The first-order valence-electron chi connectivity index (χ1n) is 8.36. The third kappa shape index (κ3) is 5.33. The molecule has 1 fully saturated rings. The van der Waals surface area contributed by atoms with Gasteiger partial charge in [-0.25, -0.2) is 0 Å². The van der Waals surface area contributed by atoms with E-state index in [2.05, 4.69) is 48.3 Å². The maximum atomic E-state index is 5.26. The minimum atomic E-state index is 0.409. The van der Waals surface area contributed by atoms with Gasteiger partial charge in [0.15, 0.2) is 0 Å².